The summed E-state index contributed by atoms with van der Waals surface area (Å²) in [5, 5.41) is 12.6. The molecule has 10 heteroatoms. The van der Waals surface area contributed by atoms with Gasteiger partial charge in [0.25, 0.3) is 5.56 Å². The molecule has 1 amide bonds. The first-order valence-corrected chi connectivity index (χ1v) is 11.6. The fourth-order valence-electron chi connectivity index (χ4n) is 3.56. The van der Waals surface area contributed by atoms with E-state index in [2.05, 4.69) is 22.4 Å². The number of nitrogens with zero attached hydrogens (tertiary/aromatic N) is 4. The Morgan fingerprint density at radius 2 is 1.94 bits per heavy atom. The van der Waals surface area contributed by atoms with Crippen molar-refractivity contribution in [1.82, 2.24) is 19.2 Å². The van der Waals surface area contributed by atoms with Crippen LogP contribution in [0, 0.1) is 0 Å². The molecule has 0 spiro atoms. The maximum absolute atomic E-state index is 13.0. The molecule has 0 saturated carbocycles. The van der Waals surface area contributed by atoms with Crippen LogP contribution >= 0.6 is 11.8 Å². The van der Waals surface area contributed by atoms with Crippen molar-refractivity contribution in [3.63, 3.8) is 0 Å². The second kappa shape index (κ2) is 9.95. The largest absolute Gasteiger partial charge is 0.497 e. The van der Waals surface area contributed by atoms with Gasteiger partial charge in [0.15, 0.2) is 5.16 Å². The van der Waals surface area contributed by atoms with Gasteiger partial charge in [-0.2, -0.15) is 0 Å². The van der Waals surface area contributed by atoms with Crippen molar-refractivity contribution < 1.29 is 14.3 Å². The van der Waals surface area contributed by atoms with Gasteiger partial charge in [0.1, 0.15) is 11.5 Å². The van der Waals surface area contributed by atoms with Crippen LogP contribution in [0.25, 0.3) is 16.7 Å². The van der Waals surface area contributed by atoms with Crippen molar-refractivity contribution in [2.45, 2.75) is 31.5 Å². The fourth-order valence-corrected chi connectivity index (χ4v) is 4.30. The van der Waals surface area contributed by atoms with Gasteiger partial charge in [0.05, 0.1) is 36.6 Å². The van der Waals surface area contributed by atoms with Gasteiger partial charge in [-0.25, -0.2) is 0 Å². The molecule has 0 bridgehead atoms. The highest BCUT2D eigenvalue weighted by Gasteiger charge is 2.18. The van der Waals surface area contributed by atoms with Crippen molar-refractivity contribution >= 4 is 40.0 Å². The SMILES string of the molecule is CCCCn1c(=O)c2ccccc2n2c(SCC(=O)Nc3ccc(OC)cc3OC)nnc12. The summed E-state index contributed by atoms with van der Waals surface area (Å²) in [6.45, 7) is 2.63. The Kier molecular flexibility index (Phi) is 6.83. The summed E-state index contributed by atoms with van der Waals surface area (Å²) in [6.07, 6.45) is 1.81. The number of amides is 1. The molecule has 0 aliphatic carbocycles. The van der Waals surface area contributed by atoms with Crippen LogP contribution in [0.2, 0.25) is 0 Å². The minimum Gasteiger partial charge on any atom is -0.497 e. The Balaban J connectivity index is 1.61. The molecule has 172 valence electrons. The standard InChI is InChI=1S/C23H25N5O4S/c1-4-5-12-27-21(30)16-8-6-7-9-18(16)28-22(27)25-26-23(28)33-14-20(29)24-17-11-10-15(31-2)13-19(17)32-3/h6-11,13H,4-5,12,14H2,1-3H3,(H,24,29). The number of fused-ring (bicyclic) bond motifs is 3. The zero-order chi connectivity index (χ0) is 23.4. The van der Waals surface area contributed by atoms with Crippen LogP contribution in [-0.2, 0) is 11.3 Å². The molecule has 2 aromatic carbocycles. The molecule has 0 atom stereocenters. The Morgan fingerprint density at radius 3 is 2.70 bits per heavy atom. The minimum absolute atomic E-state index is 0.0835. The number of thioether (sulfide) groups is 1. The molecule has 4 rings (SSSR count). The van der Waals surface area contributed by atoms with Gasteiger partial charge in [-0.1, -0.05) is 37.2 Å². The third kappa shape index (κ3) is 4.51. The van der Waals surface area contributed by atoms with E-state index in [1.165, 1.54) is 18.9 Å². The van der Waals surface area contributed by atoms with E-state index in [0.717, 1.165) is 18.4 Å². The molecule has 33 heavy (non-hydrogen) atoms. The third-order valence-electron chi connectivity index (χ3n) is 5.23. The predicted octanol–water partition coefficient (Wildman–Crippen LogP) is 3.59. The molecule has 9 nitrogen and oxygen atoms in total. The first-order valence-electron chi connectivity index (χ1n) is 10.6. The van der Waals surface area contributed by atoms with E-state index in [1.54, 1.807) is 35.9 Å². The minimum atomic E-state index is -0.219. The van der Waals surface area contributed by atoms with Gasteiger partial charge in [-0.05, 0) is 30.7 Å². The van der Waals surface area contributed by atoms with E-state index in [1.807, 2.05) is 22.6 Å². The number of aryl methyl sites for hydroxylation is 1. The number of hydrogen-bond donors (Lipinski definition) is 1. The molecular formula is C23H25N5O4S. The Labute approximate surface area is 194 Å². The number of benzene rings is 2. The smallest absolute Gasteiger partial charge is 0.262 e. The van der Waals surface area contributed by atoms with Crippen molar-refractivity contribution in [2.24, 2.45) is 0 Å². The molecule has 2 heterocycles. The highest BCUT2D eigenvalue weighted by Crippen LogP contribution is 2.29. The van der Waals surface area contributed by atoms with Crippen molar-refractivity contribution in [3.8, 4) is 11.5 Å². The Hall–Kier alpha value is -3.53. The molecule has 0 aliphatic heterocycles. The van der Waals surface area contributed by atoms with Gasteiger partial charge in [0.2, 0.25) is 11.7 Å². The summed E-state index contributed by atoms with van der Waals surface area (Å²) in [7, 11) is 3.10. The van der Waals surface area contributed by atoms with Crippen LogP contribution < -0.4 is 20.3 Å². The lowest BCUT2D eigenvalue weighted by Crippen LogP contribution is -2.23. The summed E-state index contributed by atoms with van der Waals surface area (Å²) in [6, 6.07) is 12.6. The van der Waals surface area contributed by atoms with Crippen LogP contribution in [0.4, 0.5) is 5.69 Å². The van der Waals surface area contributed by atoms with E-state index >= 15 is 0 Å². The van der Waals surface area contributed by atoms with E-state index < -0.39 is 0 Å². The number of methoxy groups -OCH3 is 2. The van der Waals surface area contributed by atoms with Crippen LogP contribution in [0.5, 0.6) is 11.5 Å². The van der Waals surface area contributed by atoms with Crippen molar-refractivity contribution in [2.75, 3.05) is 25.3 Å². The number of para-hydroxylation sites is 1. The molecule has 0 saturated heterocycles. The number of carbonyl (C=O) groups excluding carboxylic acids is 1. The summed E-state index contributed by atoms with van der Waals surface area (Å²) in [4.78, 5) is 25.7. The highest BCUT2D eigenvalue weighted by atomic mass is 32.2. The zero-order valence-electron chi connectivity index (χ0n) is 18.7. The normalized spacial score (nSPS) is 11.1. The fraction of sp³-hybridized carbons (Fsp3) is 0.304. The Bertz CT molecular complexity index is 1360. The van der Waals surface area contributed by atoms with E-state index in [-0.39, 0.29) is 17.2 Å². The summed E-state index contributed by atoms with van der Waals surface area (Å²) >= 11 is 1.25. The average Bonchev–Trinajstić information content (AvgIpc) is 3.27. The number of anilines is 1. The van der Waals surface area contributed by atoms with Crippen LogP contribution in [-0.4, -0.2) is 45.0 Å². The van der Waals surface area contributed by atoms with Gasteiger partial charge < -0.3 is 14.8 Å². The molecule has 4 aromatic rings. The van der Waals surface area contributed by atoms with Crippen LogP contribution in [0.3, 0.4) is 0 Å². The molecular weight excluding hydrogens is 442 g/mol. The third-order valence-corrected chi connectivity index (χ3v) is 6.16. The van der Waals surface area contributed by atoms with Gasteiger partial charge in [-0.3, -0.25) is 18.6 Å². The maximum atomic E-state index is 13.0. The average molecular weight is 468 g/mol. The predicted molar refractivity (Wildman–Crippen MR) is 129 cm³/mol. The number of nitrogens with one attached hydrogen (secondary N) is 1. The van der Waals surface area contributed by atoms with E-state index in [9.17, 15) is 9.59 Å². The highest BCUT2D eigenvalue weighted by molar-refractivity contribution is 7.99. The molecule has 0 radical (unpaired) electrons. The topological polar surface area (TPSA) is 99.8 Å². The number of unbranched alkanes of at least 4 members (excludes halogenated alkanes) is 1. The number of hydrogen-bond acceptors (Lipinski definition) is 7. The summed E-state index contributed by atoms with van der Waals surface area (Å²) in [5.74, 6) is 1.51. The lowest BCUT2D eigenvalue weighted by Gasteiger charge is -2.12. The van der Waals surface area contributed by atoms with Gasteiger partial charge in [-0.15, -0.1) is 10.2 Å². The molecule has 0 fully saturated rings. The van der Waals surface area contributed by atoms with Gasteiger partial charge >= 0.3 is 0 Å². The molecule has 0 unspecified atom stereocenters. The quantitative estimate of drug-likeness (QED) is 0.376. The second-order valence-electron chi connectivity index (χ2n) is 7.35. The van der Waals surface area contributed by atoms with E-state index in [0.29, 0.717) is 40.1 Å². The second-order valence-corrected chi connectivity index (χ2v) is 8.29. The number of carbonyl (C=O) groups is 1. The molecule has 1 N–H and O–H groups in total. The van der Waals surface area contributed by atoms with Crippen molar-refractivity contribution in [3.05, 3.63) is 52.8 Å². The molecule has 2 aromatic heterocycles. The first kappa shape index (κ1) is 22.7. The zero-order valence-corrected chi connectivity index (χ0v) is 19.5. The Morgan fingerprint density at radius 1 is 1.12 bits per heavy atom. The first-order chi connectivity index (χ1) is 16.1. The molecule has 0 aliphatic rings. The van der Waals surface area contributed by atoms with Crippen LogP contribution in [0.1, 0.15) is 19.8 Å². The number of ether oxygens (including phenoxy) is 2. The van der Waals surface area contributed by atoms with E-state index in [4.69, 9.17) is 9.47 Å². The van der Waals surface area contributed by atoms with Gasteiger partial charge in [0, 0.05) is 12.6 Å². The number of aromatic nitrogens is 4. The lowest BCUT2D eigenvalue weighted by molar-refractivity contribution is -0.113. The summed E-state index contributed by atoms with van der Waals surface area (Å²) in [5.41, 5.74) is 1.18. The number of rotatable bonds is 9. The summed E-state index contributed by atoms with van der Waals surface area (Å²) < 4.78 is 14.0. The van der Waals surface area contributed by atoms with Crippen LogP contribution in [0.15, 0.2) is 52.4 Å². The maximum Gasteiger partial charge on any atom is 0.262 e. The van der Waals surface area contributed by atoms with Crippen molar-refractivity contribution in [1.29, 1.82) is 0 Å². The monoisotopic (exact) mass is 467 g/mol. The lowest BCUT2D eigenvalue weighted by atomic mass is 10.2.